The maximum absolute atomic E-state index is 12.1. The van der Waals surface area contributed by atoms with E-state index in [0.29, 0.717) is 12.8 Å². The van der Waals surface area contributed by atoms with E-state index in [1.54, 1.807) is 0 Å². The van der Waals surface area contributed by atoms with Gasteiger partial charge in [-0.05, 0) is 43.0 Å². The Labute approximate surface area is 114 Å². The van der Waals surface area contributed by atoms with E-state index < -0.39 is 0 Å². The van der Waals surface area contributed by atoms with Crippen LogP contribution >= 0.6 is 0 Å². The third-order valence-corrected chi connectivity index (χ3v) is 3.61. The fourth-order valence-electron chi connectivity index (χ4n) is 2.58. The summed E-state index contributed by atoms with van der Waals surface area (Å²) in [5, 5.41) is 0. The van der Waals surface area contributed by atoms with Gasteiger partial charge in [0.1, 0.15) is 0 Å². The fraction of sp³-hybridized carbons (Fsp3) is 0.500. The van der Waals surface area contributed by atoms with Crippen LogP contribution in [0.2, 0.25) is 0 Å². The Hall–Kier alpha value is -1.64. The Morgan fingerprint density at radius 3 is 2.74 bits per heavy atom. The van der Waals surface area contributed by atoms with E-state index in [9.17, 15) is 9.59 Å². The second kappa shape index (κ2) is 6.00. The molecule has 1 aliphatic rings. The highest BCUT2D eigenvalue weighted by atomic mass is 16.2. The first-order valence-corrected chi connectivity index (χ1v) is 7.13. The first-order valence-electron chi connectivity index (χ1n) is 7.13. The number of fused-ring (bicyclic) bond motifs is 1. The Kier molecular flexibility index (Phi) is 4.35. The lowest BCUT2D eigenvalue weighted by Gasteiger charge is -2.29. The molecule has 3 nitrogen and oxygen atoms in total. The van der Waals surface area contributed by atoms with Crippen LogP contribution in [0.1, 0.15) is 55.5 Å². The SMILES string of the molecule is CCCC(=O)N1CCCc2cc(C(=O)CC)ccc21. The summed E-state index contributed by atoms with van der Waals surface area (Å²) < 4.78 is 0. The average Bonchev–Trinajstić information content (AvgIpc) is 2.45. The predicted octanol–water partition coefficient (Wildman–Crippen LogP) is 3.36. The number of hydrogen-bond donors (Lipinski definition) is 0. The predicted molar refractivity (Wildman–Crippen MR) is 76.6 cm³/mol. The van der Waals surface area contributed by atoms with Crippen LogP contribution in [0.15, 0.2) is 18.2 Å². The molecule has 19 heavy (non-hydrogen) atoms. The van der Waals surface area contributed by atoms with Gasteiger partial charge in [-0.3, -0.25) is 9.59 Å². The van der Waals surface area contributed by atoms with Crippen molar-refractivity contribution < 1.29 is 9.59 Å². The van der Waals surface area contributed by atoms with E-state index in [1.165, 1.54) is 0 Å². The summed E-state index contributed by atoms with van der Waals surface area (Å²) in [6.07, 6.45) is 3.92. The highest BCUT2D eigenvalue weighted by molar-refractivity contribution is 5.98. The number of rotatable bonds is 4. The molecule has 3 heteroatoms. The number of carbonyl (C=O) groups is 2. The lowest BCUT2D eigenvalue weighted by molar-refractivity contribution is -0.118. The zero-order valence-electron chi connectivity index (χ0n) is 11.7. The Balaban J connectivity index is 2.30. The monoisotopic (exact) mass is 259 g/mol. The van der Waals surface area contributed by atoms with Gasteiger partial charge in [-0.2, -0.15) is 0 Å². The zero-order valence-corrected chi connectivity index (χ0v) is 11.7. The first-order chi connectivity index (χ1) is 9.17. The van der Waals surface area contributed by atoms with Crippen molar-refractivity contribution in [3.8, 4) is 0 Å². The summed E-state index contributed by atoms with van der Waals surface area (Å²) in [6.45, 7) is 4.69. The molecule has 2 rings (SSSR count). The quantitative estimate of drug-likeness (QED) is 0.777. The molecule has 1 amide bonds. The van der Waals surface area contributed by atoms with Gasteiger partial charge in [0, 0.05) is 30.6 Å². The van der Waals surface area contributed by atoms with Crippen molar-refractivity contribution >= 4 is 17.4 Å². The molecule has 1 aromatic carbocycles. The highest BCUT2D eigenvalue weighted by Gasteiger charge is 2.22. The number of nitrogens with zero attached hydrogens (tertiary/aromatic N) is 1. The molecule has 0 atom stereocenters. The molecule has 1 heterocycles. The number of aryl methyl sites for hydroxylation is 1. The molecule has 0 saturated carbocycles. The number of ketones is 1. The fourth-order valence-corrected chi connectivity index (χ4v) is 2.58. The van der Waals surface area contributed by atoms with E-state index >= 15 is 0 Å². The molecule has 1 aromatic rings. The molecule has 0 aliphatic carbocycles. The maximum Gasteiger partial charge on any atom is 0.226 e. The topological polar surface area (TPSA) is 37.4 Å². The first kappa shape index (κ1) is 13.8. The minimum Gasteiger partial charge on any atom is -0.312 e. The van der Waals surface area contributed by atoms with Crippen molar-refractivity contribution in [2.75, 3.05) is 11.4 Å². The van der Waals surface area contributed by atoms with Crippen LogP contribution in [-0.2, 0) is 11.2 Å². The van der Waals surface area contributed by atoms with E-state index in [2.05, 4.69) is 0 Å². The van der Waals surface area contributed by atoms with E-state index in [0.717, 1.165) is 42.6 Å². The number of anilines is 1. The number of amides is 1. The van der Waals surface area contributed by atoms with Crippen LogP contribution in [0.25, 0.3) is 0 Å². The Morgan fingerprint density at radius 2 is 2.05 bits per heavy atom. The molecule has 0 fully saturated rings. The molecule has 0 N–H and O–H groups in total. The lowest BCUT2D eigenvalue weighted by Crippen LogP contribution is -2.35. The van der Waals surface area contributed by atoms with E-state index in [1.807, 2.05) is 36.9 Å². The van der Waals surface area contributed by atoms with Crippen molar-refractivity contribution in [2.24, 2.45) is 0 Å². The van der Waals surface area contributed by atoms with Crippen LogP contribution in [0.3, 0.4) is 0 Å². The second-order valence-corrected chi connectivity index (χ2v) is 5.02. The summed E-state index contributed by atoms with van der Waals surface area (Å²) >= 11 is 0. The maximum atomic E-state index is 12.1. The molecule has 1 aliphatic heterocycles. The Morgan fingerprint density at radius 1 is 1.26 bits per heavy atom. The van der Waals surface area contributed by atoms with Crippen LogP contribution < -0.4 is 4.90 Å². The van der Waals surface area contributed by atoms with Crippen LogP contribution in [-0.4, -0.2) is 18.2 Å². The second-order valence-electron chi connectivity index (χ2n) is 5.02. The largest absolute Gasteiger partial charge is 0.312 e. The standard InChI is InChI=1S/C16H21NO2/c1-3-6-16(19)17-10-5-7-12-11-13(15(18)4-2)8-9-14(12)17/h8-9,11H,3-7,10H2,1-2H3. The molecule has 102 valence electrons. The van der Waals surface area contributed by atoms with E-state index in [-0.39, 0.29) is 11.7 Å². The van der Waals surface area contributed by atoms with Gasteiger partial charge in [-0.1, -0.05) is 13.8 Å². The summed E-state index contributed by atoms with van der Waals surface area (Å²) in [5.41, 5.74) is 2.90. The summed E-state index contributed by atoms with van der Waals surface area (Å²) in [4.78, 5) is 25.7. The number of Topliss-reactive ketones (excluding diaryl/α,β-unsaturated/α-hetero) is 1. The summed E-state index contributed by atoms with van der Waals surface area (Å²) in [5.74, 6) is 0.359. The van der Waals surface area contributed by atoms with Crippen molar-refractivity contribution in [3.63, 3.8) is 0 Å². The third kappa shape index (κ3) is 2.86. The van der Waals surface area contributed by atoms with Crippen LogP contribution in [0.4, 0.5) is 5.69 Å². The summed E-state index contributed by atoms with van der Waals surface area (Å²) in [7, 11) is 0. The molecule has 0 unspecified atom stereocenters. The van der Waals surface area contributed by atoms with Crippen molar-refractivity contribution in [1.82, 2.24) is 0 Å². The van der Waals surface area contributed by atoms with Gasteiger partial charge in [0.05, 0.1) is 0 Å². The third-order valence-electron chi connectivity index (χ3n) is 3.61. The lowest BCUT2D eigenvalue weighted by atomic mass is 9.97. The van der Waals surface area contributed by atoms with Crippen LogP contribution in [0, 0.1) is 0 Å². The van der Waals surface area contributed by atoms with Gasteiger partial charge in [0.25, 0.3) is 0 Å². The van der Waals surface area contributed by atoms with Crippen LogP contribution in [0.5, 0.6) is 0 Å². The summed E-state index contributed by atoms with van der Waals surface area (Å²) in [6, 6.07) is 5.75. The zero-order chi connectivity index (χ0) is 13.8. The Bertz CT molecular complexity index is 494. The van der Waals surface area contributed by atoms with Crippen molar-refractivity contribution in [3.05, 3.63) is 29.3 Å². The van der Waals surface area contributed by atoms with Crippen molar-refractivity contribution in [1.29, 1.82) is 0 Å². The van der Waals surface area contributed by atoms with E-state index in [4.69, 9.17) is 0 Å². The molecule has 0 spiro atoms. The molecule has 0 aromatic heterocycles. The van der Waals surface area contributed by atoms with Gasteiger partial charge in [0.15, 0.2) is 5.78 Å². The van der Waals surface area contributed by atoms with Gasteiger partial charge in [-0.25, -0.2) is 0 Å². The van der Waals surface area contributed by atoms with Gasteiger partial charge < -0.3 is 4.90 Å². The molecule has 0 saturated heterocycles. The number of hydrogen-bond acceptors (Lipinski definition) is 2. The molecule has 0 bridgehead atoms. The minimum atomic E-state index is 0.166. The molecule has 0 radical (unpaired) electrons. The molecular formula is C16H21NO2. The number of benzene rings is 1. The van der Waals surface area contributed by atoms with Gasteiger partial charge in [0.2, 0.25) is 5.91 Å². The molecular weight excluding hydrogens is 238 g/mol. The smallest absolute Gasteiger partial charge is 0.226 e. The normalized spacial score (nSPS) is 14.1. The minimum absolute atomic E-state index is 0.166. The number of carbonyl (C=O) groups excluding carboxylic acids is 2. The average molecular weight is 259 g/mol. The van der Waals surface area contributed by atoms with Gasteiger partial charge >= 0.3 is 0 Å². The van der Waals surface area contributed by atoms with Gasteiger partial charge in [-0.15, -0.1) is 0 Å². The van der Waals surface area contributed by atoms with Crippen molar-refractivity contribution in [2.45, 2.75) is 46.0 Å². The highest BCUT2D eigenvalue weighted by Crippen LogP contribution is 2.29.